The predicted molar refractivity (Wildman–Crippen MR) is 75.9 cm³/mol. The van der Waals surface area contributed by atoms with Crippen LogP contribution in [0.4, 0.5) is 0 Å². The Kier molecular flexibility index (Phi) is 3.09. The van der Waals surface area contributed by atoms with Crippen LogP contribution in [0.25, 0.3) is 23.5 Å². The van der Waals surface area contributed by atoms with Crippen LogP contribution in [0.3, 0.4) is 0 Å². The van der Waals surface area contributed by atoms with Gasteiger partial charge in [-0.3, -0.25) is 5.10 Å². The zero-order chi connectivity index (χ0) is 13.9. The second-order valence-corrected chi connectivity index (χ2v) is 4.34. The van der Waals surface area contributed by atoms with Crippen molar-refractivity contribution < 1.29 is 9.52 Å². The number of nitrogens with zero attached hydrogens (tertiary/aromatic N) is 2. The van der Waals surface area contributed by atoms with E-state index in [2.05, 4.69) is 15.2 Å². The highest BCUT2D eigenvalue weighted by molar-refractivity contribution is 5.67. The second-order valence-electron chi connectivity index (χ2n) is 4.34. The molecule has 5 nitrogen and oxygen atoms in total. The number of aromatic amines is 1. The lowest BCUT2D eigenvalue weighted by atomic mass is 10.2. The number of phenols is 1. The van der Waals surface area contributed by atoms with E-state index in [4.69, 9.17) is 4.42 Å². The van der Waals surface area contributed by atoms with Crippen molar-refractivity contribution in [2.75, 3.05) is 0 Å². The van der Waals surface area contributed by atoms with Crippen LogP contribution in [-0.2, 0) is 0 Å². The third kappa shape index (κ3) is 2.47. The van der Waals surface area contributed by atoms with Gasteiger partial charge < -0.3 is 9.52 Å². The van der Waals surface area contributed by atoms with Crippen LogP contribution < -0.4 is 0 Å². The van der Waals surface area contributed by atoms with Crippen molar-refractivity contribution in [3.8, 4) is 17.1 Å². The van der Waals surface area contributed by atoms with E-state index in [9.17, 15) is 5.11 Å². The van der Waals surface area contributed by atoms with E-state index in [-0.39, 0.29) is 5.75 Å². The smallest absolute Gasteiger partial charge is 0.185 e. The summed E-state index contributed by atoms with van der Waals surface area (Å²) in [6, 6.07) is 10.7. The number of benzene rings is 1. The van der Waals surface area contributed by atoms with Crippen molar-refractivity contribution in [1.82, 2.24) is 15.2 Å². The maximum absolute atomic E-state index is 9.76. The molecule has 0 unspecified atom stereocenters. The standard InChI is InChI=1S/C15H13N3O2/c1-10-6-7-11(20-10)8-9-14-16-15(18-17-14)12-4-2-3-5-13(12)19/h2-9,19H,1H3,(H,16,17,18)/b9-8+. The third-order valence-electron chi connectivity index (χ3n) is 2.81. The van der Waals surface area contributed by atoms with Crippen molar-refractivity contribution in [3.63, 3.8) is 0 Å². The SMILES string of the molecule is Cc1ccc(/C=C/c2nc(-c3ccccc3O)n[nH]2)o1. The first-order chi connectivity index (χ1) is 9.72. The summed E-state index contributed by atoms with van der Waals surface area (Å²) in [6.07, 6.45) is 3.58. The van der Waals surface area contributed by atoms with Crippen molar-refractivity contribution >= 4 is 12.2 Å². The van der Waals surface area contributed by atoms with Gasteiger partial charge in [-0.1, -0.05) is 12.1 Å². The molecule has 0 atom stereocenters. The molecule has 2 N–H and O–H groups in total. The second kappa shape index (κ2) is 5.05. The summed E-state index contributed by atoms with van der Waals surface area (Å²) in [5.74, 6) is 2.82. The van der Waals surface area contributed by atoms with Gasteiger partial charge in [0, 0.05) is 0 Å². The molecule has 0 amide bonds. The fraction of sp³-hybridized carbons (Fsp3) is 0.0667. The Hall–Kier alpha value is -2.82. The summed E-state index contributed by atoms with van der Waals surface area (Å²) < 4.78 is 5.43. The van der Waals surface area contributed by atoms with Gasteiger partial charge in [0.1, 0.15) is 23.1 Å². The maximum atomic E-state index is 9.76. The van der Waals surface area contributed by atoms with Gasteiger partial charge in [0.2, 0.25) is 0 Å². The van der Waals surface area contributed by atoms with Crippen LogP contribution in [-0.4, -0.2) is 20.3 Å². The number of H-pyrrole nitrogens is 1. The highest BCUT2D eigenvalue weighted by atomic mass is 16.3. The lowest BCUT2D eigenvalue weighted by Crippen LogP contribution is -1.81. The van der Waals surface area contributed by atoms with Gasteiger partial charge in [0.15, 0.2) is 5.82 Å². The number of hydrogen-bond acceptors (Lipinski definition) is 4. The van der Waals surface area contributed by atoms with Gasteiger partial charge in [-0.15, -0.1) is 0 Å². The average Bonchev–Trinajstić information content (AvgIpc) is 3.06. The minimum absolute atomic E-state index is 0.156. The van der Waals surface area contributed by atoms with E-state index < -0.39 is 0 Å². The normalized spacial score (nSPS) is 11.2. The number of phenolic OH excluding ortho intramolecular Hbond substituents is 1. The van der Waals surface area contributed by atoms with E-state index in [1.807, 2.05) is 31.2 Å². The van der Waals surface area contributed by atoms with Gasteiger partial charge >= 0.3 is 0 Å². The Labute approximate surface area is 115 Å². The molecule has 0 aliphatic rings. The number of aromatic nitrogens is 3. The molecule has 0 radical (unpaired) electrons. The number of hydrogen-bond donors (Lipinski definition) is 2. The largest absolute Gasteiger partial charge is 0.507 e. The van der Waals surface area contributed by atoms with Crippen LogP contribution in [0.5, 0.6) is 5.75 Å². The number of nitrogens with one attached hydrogen (secondary N) is 1. The van der Waals surface area contributed by atoms with E-state index >= 15 is 0 Å². The van der Waals surface area contributed by atoms with Crippen molar-refractivity contribution in [1.29, 1.82) is 0 Å². The third-order valence-corrected chi connectivity index (χ3v) is 2.81. The van der Waals surface area contributed by atoms with Crippen LogP contribution in [0.1, 0.15) is 17.3 Å². The fourth-order valence-electron chi connectivity index (χ4n) is 1.84. The highest BCUT2D eigenvalue weighted by Crippen LogP contribution is 2.25. The van der Waals surface area contributed by atoms with Gasteiger partial charge in [-0.2, -0.15) is 5.10 Å². The number of aromatic hydroxyl groups is 1. The Bertz CT molecular complexity index is 756. The molecular weight excluding hydrogens is 254 g/mol. The fourth-order valence-corrected chi connectivity index (χ4v) is 1.84. The van der Waals surface area contributed by atoms with Crippen LogP contribution in [0.2, 0.25) is 0 Å². The Morgan fingerprint density at radius 1 is 1.15 bits per heavy atom. The molecule has 0 fully saturated rings. The van der Waals surface area contributed by atoms with Crippen molar-refractivity contribution in [2.45, 2.75) is 6.92 Å². The first-order valence-electron chi connectivity index (χ1n) is 6.17. The summed E-state index contributed by atoms with van der Waals surface area (Å²) in [5, 5.41) is 16.7. The highest BCUT2D eigenvalue weighted by Gasteiger charge is 2.08. The molecule has 5 heteroatoms. The lowest BCUT2D eigenvalue weighted by Gasteiger charge is -1.97. The molecule has 2 heterocycles. The predicted octanol–water partition coefficient (Wildman–Crippen LogP) is 3.25. The number of aryl methyl sites for hydroxylation is 1. The number of para-hydroxylation sites is 1. The van der Waals surface area contributed by atoms with E-state index in [0.717, 1.165) is 11.5 Å². The zero-order valence-corrected chi connectivity index (χ0v) is 10.9. The summed E-state index contributed by atoms with van der Waals surface area (Å²) in [5.41, 5.74) is 0.595. The van der Waals surface area contributed by atoms with E-state index in [0.29, 0.717) is 17.2 Å². The molecule has 0 saturated heterocycles. The topological polar surface area (TPSA) is 74.9 Å². The average molecular weight is 267 g/mol. The molecule has 0 aliphatic heterocycles. The summed E-state index contributed by atoms with van der Waals surface area (Å²) >= 11 is 0. The molecule has 0 spiro atoms. The number of rotatable bonds is 3. The Morgan fingerprint density at radius 3 is 2.75 bits per heavy atom. The van der Waals surface area contributed by atoms with E-state index in [1.54, 1.807) is 24.3 Å². The minimum atomic E-state index is 0.156. The number of furan rings is 1. The molecule has 100 valence electrons. The maximum Gasteiger partial charge on any atom is 0.185 e. The first-order valence-corrected chi connectivity index (χ1v) is 6.17. The molecule has 0 bridgehead atoms. The van der Waals surface area contributed by atoms with Crippen LogP contribution in [0.15, 0.2) is 40.8 Å². The van der Waals surface area contributed by atoms with Gasteiger partial charge in [0.05, 0.1) is 5.56 Å². The van der Waals surface area contributed by atoms with Crippen molar-refractivity contribution in [2.24, 2.45) is 0 Å². The molecule has 3 rings (SSSR count). The van der Waals surface area contributed by atoms with Gasteiger partial charge in [0.25, 0.3) is 0 Å². The Morgan fingerprint density at radius 2 is 2.00 bits per heavy atom. The molecular formula is C15H13N3O2. The lowest BCUT2D eigenvalue weighted by molar-refractivity contribution is 0.477. The summed E-state index contributed by atoms with van der Waals surface area (Å²) in [6.45, 7) is 1.89. The molecule has 0 saturated carbocycles. The van der Waals surface area contributed by atoms with Crippen LogP contribution >= 0.6 is 0 Å². The minimum Gasteiger partial charge on any atom is -0.507 e. The molecule has 2 aromatic heterocycles. The summed E-state index contributed by atoms with van der Waals surface area (Å²) in [4.78, 5) is 4.31. The Balaban J connectivity index is 1.84. The molecule has 20 heavy (non-hydrogen) atoms. The summed E-state index contributed by atoms with van der Waals surface area (Å²) in [7, 11) is 0. The molecule has 3 aromatic rings. The van der Waals surface area contributed by atoms with E-state index in [1.165, 1.54) is 0 Å². The molecule has 1 aromatic carbocycles. The van der Waals surface area contributed by atoms with Gasteiger partial charge in [-0.25, -0.2) is 4.98 Å². The van der Waals surface area contributed by atoms with Crippen molar-refractivity contribution in [3.05, 3.63) is 53.7 Å². The quantitative estimate of drug-likeness (QED) is 0.763. The van der Waals surface area contributed by atoms with Crippen LogP contribution in [0, 0.1) is 6.92 Å². The monoisotopic (exact) mass is 267 g/mol. The first kappa shape index (κ1) is 12.2. The zero-order valence-electron chi connectivity index (χ0n) is 10.9. The molecule has 0 aliphatic carbocycles. The van der Waals surface area contributed by atoms with Gasteiger partial charge in [-0.05, 0) is 43.3 Å².